The summed E-state index contributed by atoms with van der Waals surface area (Å²) in [6, 6.07) is 4.70. The molecule has 2 aliphatic heterocycles. The lowest BCUT2D eigenvalue weighted by atomic mass is 10.2. The maximum atomic E-state index is 12.4. The monoisotopic (exact) mass is 308 g/mol. The molecule has 7 nitrogen and oxygen atoms in total. The Morgan fingerprint density at radius 3 is 2.86 bits per heavy atom. The second-order valence-corrected chi connectivity index (χ2v) is 7.68. The molecule has 4 heterocycles. The lowest BCUT2D eigenvalue weighted by Gasteiger charge is -2.25. The van der Waals surface area contributed by atoms with Crippen LogP contribution in [0.1, 0.15) is 16.9 Å². The molecule has 0 aromatic carbocycles. The molecular weight excluding hydrogens is 296 g/mol. The molecule has 0 spiro atoms. The van der Waals surface area contributed by atoms with Gasteiger partial charge in [0.1, 0.15) is 0 Å². The van der Waals surface area contributed by atoms with Gasteiger partial charge in [-0.3, -0.25) is 4.79 Å². The molecule has 8 heteroatoms. The molecule has 2 aromatic rings. The number of furan rings is 1. The quantitative estimate of drug-likeness (QED) is 0.820. The molecule has 0 saturated carbocycles. The fourth-order valence-electron chi connectivity index (χ4n) is 3.00. The standard InChI is InChI=1S/C13H12N2O5S/c16-13(15-6-9-4-8(15)7-21(9,17)18)10-5-12(20-14-10)11-2-1-3-19-11/h1-3,5,8-9H,4,6-7H2. The van der Waals surface area contributed by atoms with Crippen LogP contribution in [0.5, 0.6) is 0 Å². The Morgan fingerprint density at radius 2 is 2.24 bits per heavy atom. The predicted octanol–water partition coefficient (Wildman–Crippen LogP) is 0.946. The van der Waals surface area contributed by atoms with Crippen molar-refractivity contribution in [3.05, 3.63) is 30.2 Å². The first kappa shape index (κ1) is 12.6. The molecule has 2 atom stereocenters. The van der Waals surface area contributed by atoms with Gasteiger partial charge in [-0.15, -0.1) is 0 Å². The van der Waals surface area contributed by atoms with Crippen molar-refractivity contribution in [2.45, 2.75) is 17.7 Å². The third-order valence-electron chi connectivity index (χ3n) is 4.06. The Kier molecular flexibility index (Phi) is 2.53. The van der Waals surface area contributed by atoms with Crippen LogP contribution in [0.15, 0.2) is 33.4 Å². The number of carbonyl (C=O) groups is 1. The molecule has 2 bridgehead atoms. The Balaban J connectivity index is 1.57. The third-order valence-corrected chi connectivity index (χ3v) is 6.27. The number of rotatable bonds is 2. The minimum absolute atomic E-state index is 0.0479. The summed E-state index contributed by atoms with van der Waals surface area (Å²) in [6.45, 7) is 0.245. The summed E-state index contributed by atoms with van der Waals surface area (Å²) in [7, 11) is -3.02. The molecule has 0 radical (unpaired) electrons. The summed E-state index contributed by atoms with van der Waals surface area (Å²) in [5, 5.41) is 3.33. The van der Waals surface area contributed by atoms with Crippen LogP contribution in [-0.2, 0) is 9.84 Å². The van der Waals surface area contributed by atoms with E-state index in [9.17, 15) is 13.2 Å². The Labute approximate surface area is 120 Å². The van der Waals surface area contributed by atoms with Gasteiger partial charge in [0.15, 0.2) is 21.3 Å². The topological polar surface area (TPSA) is 93.6 Å². The number of likely N-dealkylation sites (tertiary alicyclic amines) is 1. The molecule has 4 rings (SSSR count). The Hall–Kier alpha value is -2.09. The lowest BCUT2D eigenvalue weighted by Crippen LogP contribution is -2.44. The smallest absolute Gasteiger partial charge is 0.276 e. The Morgan fingerprint density at radius 1 is 1.38 bits per heavy atom. The number of carbonyl (C=O) groups excluding carboxylic acids is 1. The highest BCUT2D eigenvalue weighted by Gasteiger charge is 2.50. The van der Waals surface area contributed by atoms with Crippen molar-refractivity contribution in [2.75, 3.05) is 12.3 Å². The van der Waals surface area contributed by atoms with Gasteiger partial charge in [-0.05, 0) is 18.6 Å². The number of amides is 1. The summed E-state index contributed by atoms with van der Waals surface area (Å²) in [5.74, 6) is 0.623. The van der Waals surface area contributed by atoms with Crippen molar-refractivity contribution in [1.82, 2.24) is 10.1 Å². The van der Waals surface area contributed by atoms with Crippen molar-refractivity contribution in [3.8, 4) is 11.5 Å². The number of aromatic nitrogens is 1. The van der Waals surface area contributed by atoms with Gasteiger partial charge in [-0.2, -0.15) is 0 Å². The maximum Gasteiger partial charge on any atom is 0.276 e. The van der Waals surface area contributed by atoms with Crippen LogP contribution in [-0.4, -0.2) is 48.0 Å². The minimum Gasteiger partial charge on any atom is -0.461 e. The van der Waals surface area contributed by atoms with E-state index in [1.807, 2.05) is 0 Å². The highest BCUT2D eigenvalue weighted by molar-refractivity contribution is 7.92. The van der Waals surface area contributed by atoms with Gasteiger partial charge in [0.05, 0.1) is 17.3 Å². The first-order valence-corrected chi connectivity index (χ1v) is 8.29. The first-order chi connectivity index (χ1) is 10.0. The van der Waals surface area contributed by atoms with Crippen molar-refractivity contribution in [3.63, 3.8) is 0 Å². The minimum atomic E-state index is -3.02. The number of sulfone groups is 1. The number of fused-ring (bicyclic) bond motifs is 2. The van der Waals surface area contributed by atoms with Crippen molar-refractivity contribution >= 4 is 15.7 Å². The van der Waals surface area contributed by atoms with E-state index in [2.05, 4.69) is 5.16 Å². The number of nitrogens with zero attached hydrogens (tertiary/aromatic N) is 2. The zero-order valence-corrected chi connectivity index (χ0v) is 11.7. The Bertz CT molecular complexity index is 792. The van der Waals surface area contributed by atoms with Crippen LogP contribution in [0, 0.1) is 0 Å². The molecular formula is C13H12N2O5S. The molecule has 2 unspecified atom stereocenters. The van der Waals surface area contributed by atoms with Gasteiger partial charge in [0.2, 0.25) is 5.76 Å². The average molecular weight is 308 g/mol. The highest BCUT2D eigenvalue weighted by Crippen LogP contribution is 2.34. The second kappa shape index (κ2) is 4.20. The molecule has 0 aliphatic carbocycles. The maximum absolute atomic E-state index is 12.4. The van der Waals surface area contributed by atoms with Crippen LogP contribution in [0.2, 0.25) is 0 Å². The van der Waals surface area contributed by atoms with Crippen LogP contribution >= 0.6 is 0 Å². The van der Waals surface area contributed by atoms with Gasteiger partial charge in [0.25, 0.3) is 5.91 Å². The largest absolute Gasteiger partial charge is 0.461 e. The van der Waals surface area contributed by atoms with E-state index in [-0.39, 0.29) is 29.9 Å². The van der Waals surface area contributed by atoms with Gasteiger partial charge in [0, 0.05) is 18.7 Å². The van der Waals surface area contributed by atoms with E-state index < -0.39 is 15.1 Å². The van der Waals surface area contributed by atoms with Crippen molar-refractivity contribution < 1.29 is 22.2 Å². The normalized spacial score (nSPS) is 26.4. The first-order valence-electron chi connectivity index (χ1n) is 6.58. The van der Waals surface area contributed by atoms with Crippen LogP contribution in [0.25, 0.3) is 11.5 Å². The molecule has 0 N–H and O–H groups in total. The van der Waals surface area contributed by atoms with E-state index in [1.54, 1.807) is 17.0 Å². The molecule has 2 aliphatic rings. The zero-order chi connectivity index (χ0) is 14.6. The predicted molar refractivity (Wildman–Crippen MR) is 71.2 cm³/mol. The highest BCUT2D eigenvalue weighted by atomic mass is 32.2. The lowest BCUT2D eigenvalue weighted by molar-refractivity contribution is 0.0735. The van der Waals surface area contributed by atoms with E-state index in [0.29, 0.717) is 17.9 Å². The van der Waals surface area contributed by atoms with E-state index in [4.69, 9.17) is 8.94 Å². The number of hydrogen-bond donors (Lipinski definition) is 0. The van der Waals surface area contributed by atoms with E-state index in [1.165, 1.54) is 12.3 Å². The fourth-order valence-corrected chi connectivity index (χ4v) is 5.03. The van der Waals surface area contributed by atoms with Crippen LogP contribution in [0.4, 0.5) is 0 Å². The average Bonchev–Trinajstić information content (AvgIpc) is 3.19. The molecule has 110 valence electrons. The van der Waals surface area contributed by atoms with Gasteiger partial charge in [-0.1, -0.05) is 5.16 Å². The SMILES string of the molecule is O=C(c1cc(-c2ccco2)on1)N1CC2CC1CS2(=O)=O. The van der Waals surface area contributed by atoms with Crippen LogP contribution in [0.3, 0.4) is 0 Å². The van der Waals surface area contributed by atoms with Crippen molar-refractivity contribution in [1.29, 1.82) is 0 Å². The molecule has 21 heavy (non-hydrogen) atoms. The van der Waals surface area contributed by atoms with Gasteiger partial charge >= 0.3 is 0 Å². The zero-order valence-electron chi connectivity index (χ0n) is 10.9. The molecule has 1 amide bonds. The third kappa shape index (κ3) is 1.90. The van der Waals surface area contributed by atoms with E-state index >= 15 is 0 Å². The second-order valence-electron chi connectivity index (χ2n) is 5.35. The summed E-state index contributed by atoms with van der Waals surface area (Å²) >= 11 is 0. The molecule has 2 aromatic heterocycles. The summed E-state index contributed by atoms with van der Waals surface area (Å²) in [5.41, 5.74) is 0.173. The molecule has 2 saturated heterocycles. The number of hydrogen-bond acceptors (Lipinski definition) is 6. The summed E-state index contributed by atoms with van der Waals surface area (Å²) in [6.07, 6.45) is 2.03. The van der Waals surface area contributed by atoms with Gasteiger partial charge in [-0.25, -0.2) is 8.42 Å². The van der Waals surface area contributed by atoms with E-state index in [0.717, 1.165) is 0 Å². The van der Waals surface area contributed by atoms with Gasteiger partial charge < -0.3 is 13.8 Å². The molecule has 2 fully saturated rings. The summed E-state index contributed by atoms with van der Waals surface area (Å²) < 4.78 is 33.7. The van der Waals surface area contributed by atoms with Crippen LogP contribution < -0.4 is 0 Å². The van der Waals surface area contributed by atoms with Crippen molar-refractivity contribution in [2.24, 2.45) is 0 Å². The summed E-state index contributed by atoms with van der Waals surface area (Å²) in [4.78, 5) is 14.0. The fraction of sp³-hybridized carbons (Fsp3) is 0.385.